The summed E-state index contributed by atoms with van der Waals surface area (Å²) in [6, 6.07) is 15.5. The van der Waals surface area contributed by atoms with Crippen LogP contribution in [-0.2, 0) is 14.3 Å². The molecule has 6 heteroatoms. The van der Waals surface area contributed by atoms with Gasteiger partial charge in [-0.1, -0.05) is 42.5 Å². The van der Waals surface area contributed by atoms with Crippen LogP contribution in [0.15, 0.2) is 60.2 Å². The van der Waals surface area contributed by atoms with Crippen LogP contribution in [0, 0.1) is 0 Å². The third-order valence-corrected chi connectivity index (χ3v) is 5.07. The molecule has 3 rings (SSSR count). The minimum Gasteiger partial charge on any atom is -0.507 e. The van der Waals surface area contributed by atoms with E-state index in [1.165, 1.54) is 4.90 Å². The van der Waals surface area contributed by atoms with Crippen molar-refractivity contribution in [1.29, 1.82) is 0 Å². The lowest BCUT2D eigenvalue weighted by molar-refractivity contribution is -0.140. The molecule has 1 N–H and O–H groups in total. The van der Waals surface area contributed by atoms with Gasteiger partial charge in [0.2, 0.25) is 0 Å². The Kier molecular flexibility index (Phi) is 7.47. The van der Waals surface area contributed by atoms with E-state index in [-0.39, 0.29) is 17.4 Å². The van der Waals surface area contributed by atoms with E-state index in [0.717, 1.165) is 5.56 Å². The molecule has 1 aliphatic rings. The van der Waals surface area contributed by atoms with E-state index in [2.05, 4.69) is 0 Å². The Bertz CT molecular complexity index is 951. The molecule has 0 spiro atoms. The van der Waals surface area contributed by atoms with Crippen LogP contribution in [0.5, 0.6) is 5.75 Å². The van der Waals surface area contributed by atoms with Gasteiger partial charge >= 0.3 is 0 Å². The molecule has 0 saturated carbocycles. The van der Waals surface area contributed by atoms with E-state index in [1.807, 2.05) is 51.1 Å². The van der Waals surface area contributed by atoms with Gasteiger partial charge in [0.15, 0.2) is 0 Å². The lowest BCUT2D eigenvalue weighted by atomic mass is 9.95. The molecule has 2 aromatic carbocycles. The van der Waals surface area contributed by atoms with Crippen molar-refractivity contribution in [1.82, 2.24) is 4.90 Å². The monoisotopic (exact) mass is 423 g/mol. The molecule has 2 aromatic rings. The van der Waals surface area contributed by atoms with Crippen molar-refractivity contribution in [3.8, 4) is 5.75 Å². The SMILES string of the molecule is CCOc1cccc(/C(O)=C2/C(=O)C(=O)N(CCCOC(C)C)C2c2ccccc2)c1. The Morgan fingerprint density at radius 1 is 1.10 bits per heavy atom. The Labute approximate surface area is 183 Å². The topological polar surface area (TPSA) is 76.1 Å². The standard InChI is InChI=1S/C25H29NO5/c1-4-30-20-13-8-12-19(16-20)23(27)21-22(18-10-6-5-7-11-18)26(25(29)24(21)28)14-9-15-31-17(2)3/h5-8,10-13,16-17,22,27H,4,9,14-15H2,1-3H3/b23-21-. The maximum atomic E-state index is 13.0. The summed E-state index contributed by atoms with van der Waals surface area (Å²) >= 11 is 0. The van der Waals surface area contributed by atoms with Crippen LogP contribution in [0.4, 0.5) is 0 Å². The number of nitrogens with zero attached hydrogens (tertiary/aromatic N) is 1. The predicted molar refractivity (Wildman–Crippen MR) is 119 cm³/mol. The number of carbonyl (C=O) groups is 2. The van der Waals surface area contributed by atoms with Crippen molar-refractivity contribution in [3.63, 3.8) is 0 Å². The average Bonchev–Trinajstić information content (AvgIpc) is 3.02. The Morgan fingerprint density at radius 3 is 2.52 bits per heavy atom. The van der Waals surface area contributed by atoms with Gasteiger partial charge in [0.25, 0.3) is 11.7 Å². The van der Waals surface area contributed by atoms with Crippen LogP contribution in [0.3, 0.4) is 0 Å². The zero-order valence-corrected chi connectivity index (χ0v) is 18.2. The first-order valence-corrected chi connectivity index (χ1v) is 10.6. The number of likely N-dealkylation sites (tertiary alicyclic amines) is 1. The second-order valence-corrected chi connectivity index (χ2v) is 7.64. The highest BCUT2D eigenvalue weighted by molar-refractivity contribution is 6.46. The van der Waals surface area contributed by atoms with Crippen LogP contribution in [0.1, 0.15) is 44.4 Å². The number of Topliss-reactive ketones (excluding diaryl/α,β-unsaturated/α-hetero) is 1. The van der Waals surface area contributed by atoms with Crippen molar-refractivity contribution in [2.24, 2.45) is 0 Å². The van der Waals surface area contributed by atoms with E-state index in [1.54, 1.807) is 24.3 Å². The first-order valence-electron chi connectivity index (χ1n) is 10.6. The van der Waals surface area contributed by atoms with Gasteiger partial charge in [-0.3, -0.25) is 9.59 Å². The molecule has 1 atom stereocenters. The third kappa shape index (κ3) is 5.14. The molecule has 0 aromatic heterocycles. The molecule has 1 saturated heterocycles. The van der Waals surface area contributed by atoms with Crippen molar-refractivity contribution < 1.29 is 24.2 Å². The van der Waals surface area contributed by atoms with E-state index in [4.69, 9.17) is 9.47 Å². The summed E-state index contributed by atoms with van der Waals surface area (Å²) in [6.07, 6.45) is 0.687. The summed E-state index contributed by atoms with van der Waals surface area (Å²) in [5, 5.41) is 11.1. The zero-order chi connectivity index (χ0) is 22.4. The molecule has 0 aliphatic carbocycles. The quantitative estimate of drug-likeness (QED) is 0.281. The predicted octanol–water partition coefficient (Wildman–Crippen LogP) is 4.32. The normalized spacial score (nSPS) is 18.1. The highest BCUT2D eigenvalue weighted by atomic mass is 16.5. The maximum absolute atomic E-state index is 13.0. The second-order valence-electron chi connectivity index (χ2n) is 7.64. The largest absolute Gasteiger partial charge is 0.507 e. The van der Waals surface area contributed by atoms with E-state index < -0.39 is 17.7 Å². The van der Waals surface area contributed by atoms with Gasteiger partial charge in [-0.2, -0.15) is 0 Å². The van der Waals surface area contributed by atoms with Gasteiger partial charge in [0.05, 0.1) is 24.3 Å². The van der Waals surface area contributed by atoms with Crippen LogP contribution < -0.4 is 4.74 Å². The molecule has 0 radical (unpaired) electrons. The van der Waals surface area contributed by atoms with Crippen molar-refractivity contribution >= 4 is 17.4 Å². The number of aliphatic hydroxyl groups is 1. The maximum Gasteiger partial charge on any atom is 0.295 e. The van der Waals surface area contributed by atoms with E-state index in [0.29, 0.717) is 37.5 Å². The molecule has 31 heavy (non-hydrogen) atoms. The minimum absolute atomic E-state index is 0.0922. The summed E-state index contributed by atoms with van der Waals surface area (Å²) in [4.78, 5) is 27.4. The molecular formula is C25H29NO5. The van der Waals surface area contributed by atoms with Gasteiger partial charge in [-0.25, -0.2) is 0 Å². The smallest absolute Gasteiger partial charge is 0.295 e. The second kappa shape index (κ2) is 10.3. The number of rotatable bonds is 9. The summed E-state index contributed by atoms with van der Waals surface area (Å²) in [6.45, 7) is 7.10. The van der Waals surface area contributed by atoms with Crippen LogP contribution >= 0.6 is 0 Å². The molecule has 6 nitrogen and oxygen atoms in total. The Morgan fingerprint density at radius 2 is 1.84 bits per heavy atom. The van der Waals surface area contributed by atoms with Gasteiger partial charge in [0.1, 0.15) is 11.5 Å². The summed E-state index contributed by atoms with van der Waals surface area (Å²) in [7, 11) is 0. The molecule has 0 bridgehead atoms. The van der Waals surface area contributed by atoms with Gasteiger partial charge in [-0.05, 0) is 44.9 Å². The molecule has 1 amide bonds. The summed E-state index contributed by atoms with van der Waals surface area (Å²) < 4.78 is 11.1. The van der Waals surface area contributed by atoms with Crippen LogP contribution in [0.25, 0.3) is 5.76 Å². The van der Waals surface area contributed by atoms with Crippen molar-refractivity contribution in [2.45, 2.75) is 39.3 Å². The van der Waals surface area contributed by atoms with Gasteiger partial charge in [0, 0.05) is 18.7 Å². The first kappa shape index (κ1) is 22.6. The minimum atomic E-state index is -0.682. The Balaban J connectivity index is 2.00. The number of benzene rings is 2. The van der Waals surface area contributed by atoms with Crippen LogP contribution in [-0.4, -0.2) is 47.6 Å². The van der Waals surface area contributed by atoms with Gasteiger partial charge < -0.3 is 19.5 Å². The number of hydrogen-bond acceptors (Lipinski definition) is 5. The van der Waals surface area contributed by atoms with E-state index in [9.17, 15) is 14.7 Å². The fourth-order valence-corrected chi connectivity index (χ4v) is 3.70. The molecule has 1 heterocycles. The third-order valence-electron chi connectivity index (χ3n) is 5.07. The fraction of sp³-hybridized carbons (Fsp3) is 0.360. The van der Waals surface area contributed by atoms with E-state index >= 15 is 0 Å². The number of carbonyl (C=O) groups excluding carboxylic acids is 2. The summed E-state index contributed by atoms with van der Waals surface area (Å²) in [5.74, 6) is -0.906. The highest BCUT2D eigenvalue weighted by Gasteiger charge is 2.45. The highest BCUT2D eigenvalue weighted by Crippen LogP contribution is 2.39. The Hall–Kier alpha value is -3.12. The first-order chi connectivity index (χ1) is 14.9. The number of amides is 1. The fourth-order valence-electron chi connectivity index (χ4n) is 3.70. The van der Waals surface area contributed by atoms with Gasteiger partial charge in [-0.15, -0.1) is 0 Å². The van der Waals surface area contributed by atoms with Crippen LogP contribution in [0.2, 0.25) is 0 Å². The van der Waals surface area contributed by atoms with Crippen molar-refractivity contribution in [3.05, 3.63) is 71.3 Å². The number of ketones is 1. The summed E-state index contributed by atoms with van der Waals surface area (Å²) in [5.41, 5.74) is 1.30. The number of hydrogen-bond donors (Lipinski definition) is 1. The molecule has 1 fully saturated rings. The average molecular weight is 424 g/mol. The lowest BCUT2D eigenvalue weighted by Crippen LogP contribution is -2.31. The lowest BCUT2D eigenvalue weighted by Gasteiger charge is -2.25. The number of ether oxygens (including phenoxy) is 2. The molecule has 1 unspecified atom stereocenters. The number of aliphatic hydroxyl groups excluding tert-OH is 1. The van der Waals surface area contributed by atoms with Crippen molar-refractivity contribution in [2.75, 3.05) is 19.8 Å². The molecule has 164 valence electrons. The zero-order valence-electron chi connectivity index (χ0n) is 18.2. The molecule has 1 aliphatic heterocycles. The molecular weight excluding hydrogens is 394 g/mol.